The van der Waals surface area contributed by atoms with Crippen molar-refractivity contribution in [3.8, 4) is 11.8 Å². The van der Waals surface area contributed by atoms with Gasteiger partial charge in [-0.25, -0.2) is 0 Å². The lowest BCUT2D eigenvalue weighted by atomic mass is 10.1. The second-order valence-electron chi connectivity index (χ2n) is 4.81. The maximum atomic E-state index is 8.25. The maximum absolute atomic E-state index is 8.25. The van der Waals surface area contributed by atoms with Crippen LogP contribution in [0.1, 0.15) is 11.1 Å². The lowest BCUT2D eigenvalue weighted by molar-refractivity contribution is 1.33. The van der Waals surface area contributed by atoms with E-state index >= 15 is 0 Å². The molecule has 0 aliphatic rings. The molecule has 2 rings (SSSR count). The van der Waals surface area contributed by atoms with Crippen LogP contribution in [0.25, 0.3) is 0 Å². The van der Waals surface area contributed by atoms with E-state index in [2.05, 4.69) is 29.1 Å². The van der Waals surface area contributed by atoms with E-state index in [0.717, 1.165) is 22.5 Å². The average Bonchev–Trinajstić information content (AvgIpc) is 2.59. The van der Waals surface area contributed by atoms with Gasteiger partial charge in [0.1, 0.15) is 5.71 Å². The molecule has 23 heavy (non-hydrogen) atoms. The standard InChI is InChI=1S/C19H18ClN3/c1-3-12-23-16-9-11-19(22-2)17(13-16)18(21)10-6-14-4-7-15(20)8-5-14/h3-5,7-9,11,13,21-23H,1,12H2,2H3. The SMILES string of the molecule is C=CCNc1ccc(NC)c(C(=N)C#Cc2ccc(Cl)cc2)c1. The van der Waals surface area contributed by atoms with Crippen molar-refractivity contribution in [2.75, 3.05) is 24.2 Å². The molecule has 0 fully saturated rings. The average molecular weight is 324 g/mol. The molecule has 3 nitrogen and oxygen atoms in total. The highest BCUT2D eigenvalue weighted by Gasteiger charge is 2.06. The summed E-state index contributed by atoms with van der Waals surface area (Å²) in [5, 5.41) is 15.2. The van der Waals surface area contributed by atoms with Crippen LogP contribution >= 0.6 is 11.6 Å². The van der Waals surface area contributed by atoms with Crippen LogP contribution in [0.5, 0.6) is 0 Å². The van der Waals surface area contributed by atoms with Crippen LogP contribution in [0.4, 0.5) is 11.4 Å². The topological polar surface area (TPSA) is 47.9 Å². The quantitative estimate of drug-likeness (QED) is 0.434. The van der Waals surface area contributed by atoms with E-state index in [1.807, 2.05) is 37.4 Å². The van der Waals surface area contributed by atoms with E-state index in [1.165, 1.54) is 0 Å². The molecule has 0 aliphatic heterocycles. The van der Waals surface area contributed by atoms with Crippen LogP contribution in [0.2, 0.25) is 5.02 Å². The first-order valence-electron chi connectivity index (χ1n) is 7.17. The smallest absolute Gasteiger partial charge is 0.114 e. The van der Waals surface area contributed by atoms with Crippen molar-refractivity contribution >= 4 is 28.7 Å². The van der Waals surface area contributed by atoms with Crippen molar-refractivity contribution < 1.29 is 0 Å². The van der Waals surface area contributed by atoms with Crippen molar-refractivity contribution in [1.29, 1.82) is 5.41 Å². The van der Waals surface area contributed by atoms with E-state index in [1.54, 1.807) is 18.2 Å². The number of hydrogen-bond donors (Lipinski definition) is 3. The lowest BCUT2D eigenvalue weighted by Crippen LogP contribution is -2.05. The van der Waals surface area contributed by atoms with E-state index in [-0.39, 0.29) is 5.71 Å². The second-order valence-corrected chi connectivity index (χ2v) is 5.25. The number of hydrogen-bond acceptors (Lipinski definition) is 3. The van der Waals surface area contributed by atoms with Gasteiger partial charge >= 0.3 is 0 Å². The molecular formula is C19H18ClN3. The fraction of sp³-hybridized carbons (Fsp3) is 0.105. The van der Waals surface area contributed by atoms with E-state index in [4.69, 9.17) is 17.0 Å². The molecule has 4 heteroatoms. The lowest BCUT2D eigenvalue weighted by Gasteiger charge is -2.10. The Morgan fingerprint density at radius 2 is 2.00 bits per heavy atom. The van der Waals surface area contributed by atoms with Crippen molar-refractivity contribution in [2.45, 2.75) is 0 Å². The molecule has 0 aromatic heterocycles. The third kappa shape index (κ3) is 4.64. The zero-order valence-electron chi connectivity index (χ0n) is 12.9. The number of anilines is 2. The highest BCUT2D eigenvalue weighted by Crippen LogP contribution is 2.20. The molecule has 2 aromatic rings. The van der Waals surface area contributed by atoms with Crippen LogP contribution in [0, 0.1) is 17.3 Å². The highest BCUT2D eigenvalue weighted by molar-refractivity contribution is 6.30. The number of rotatable bonds is 5. The van der Waals surface area contributed by atoms with Gasteiger partial charge in [0.05, 0.1) is 0 Å². The molecule has 0 spiro atoms. The number of halogens is 1. The van der Waals surface area contributed by atoms with Gasteiger partial charge in [0.15, 0.2) is 0 Å². The zero-order valence-corrected chi connectivity index (χ0v) is 13.7. The molecule has 0 amide bonds. The molecule has 0 atom stereocenters. The van der Waals surface area contributed by atoms with Crippen molar-refractivity contribution in [3.05, 3.63) is 71.3 Å². The van der Waals surface area contributed by atoms with Gasteiger partial charge in [-0.1, -0.05) is 23.6 Å². The largest absolute Gasteiger partial charge is 0.388 e. The molecule has 0 saturated heterocycles. The molecule has 2 aromatic carbocycles. The normalized spacial score (nSPS) is 9.48. The number of nitrogens with one attached hydrogen (secondary N) is 3. The molecular weight excluding hydrogens is 306 g/mol. The molecule has 0 heterocycles. The van der Waals surface area contributed by atoms with Crippen LogP contribution < -0.4 is 10.6 Å². The summed E-state index contributed by atoms with van der Waals surface area (Å²) in [6.45, 7) is 4.36. The van der Waals surface area contributed by atoms with Gasteiger partial charge in [0, 0.05) is 41.1 Å². The van der Waals surface area contributed by atoms with Crippen LogP contribution in [-0.4, -0.2) is 19.3 Å². The van der Waals surface area contributed by atoms with Crippen LogP contribution in [0.15, 0.2) is 55.1 Å². The summed E-state index contributed by atoms with van der Waals surface area (Å²) < 4.78 is 0. The van der Waals surface area contributed by atoms with Crippen molar-refractivity contribution in [3.63, 3.8) is 0 Å². The van der Waals surface area contributed by atoms with E-state index in [0.29, 0.717) is 11.6 Å². The van der Waals surface area contributed by atoms with E-state index in [9.17, 15) is 0 Å². The summed E-state index contributed by atoms with van der Waals surface area (Å²) in [5.41, 5.74) is 3.63. The van der Waals surface area contributed by atoms with Gasteiger partial charge in [-0.2, -0.15) is 0 Å². The van der Waals surface area contributed by atoms with Crippen molar-refractivity contribution in [2.24, 2.45) is 0 Å². The molecule has 116 valence electrons. The third-order valence-electron chi connectivity index (χ3n) is 3.18. The van der Waals surface area contributed by atoms with Gasteiger partial charge in [0.2, 0.25) is 0 Å². The number of benzene rings is 2. The fourth-order valence-corrected chi connectivity index (χ4v) is 2.13. The second kappa shape index (κ2) is 8.07. The molecule has 0 bridgehead atoms. The summed E-state index contributed by atoms with van der Waals surface area (Å²) in [4.78, 5) is 0. The third-order valence-corrected chi connectivity index (χ3v) is 3.44. The Labute approximate surface area is 141 Å². The summed E-state index contributed by atoms with van der Waals surface area (Å²) in [7, 11) is 1.83. The van der Waals surface area contributed by atoms with Crippen molar-refractivity contribution in [1.82, 2.24) is 0 Å². The summed E-state index contributed by atoms with van der Waals surface area (Å²) >= 11 is 5.86. The fourth-order valence-electron chi connectivity index (χ4n) is 2.00. The summed E-state index contributed by atoms with van der Waals surface area (Å²) in [5.74, 6) is 5.88. The van der Waals surface area contributed by atoms with Crippen LogP contribution in [-0.2, 0) is 0 Å². The Balaban J connectivity index is 2.27. The molecule has 0 aliphatic carbocycles. The first kappa shape index (κ1) is 16.7. The van der Waals surface area contributed by atoms with Gasteiger partial charge in [-0.05, 0) is 48.4 Å². The first-order chi connectivity index (χ1) is 11.1. The Bertz CT molecular complexity index is 767. The highest BCUT2D eigenvalue weighted by atomic mass is 35.5. The van der Waals surface area contributed by atoms with Gasteiger partial charge in [0.25, 0.3) is 0 Å². The monoisotopic (exact) mass is 323 g/mol. The van der Waals surface area contributed by atoms with Gasteiger partial charge < -0.3 is 10.6 Å². The first-order valence-corrected chi connectivity index (χ1v) is 7.55. The zero-order chi connectivity index (χ0) is 16.7. The Morgan fingerprint density at radius 3 is 2.65 bits per heavy atom. The Kier molecular flexibility index (Phi) is 5.85. The Hall–Kier alpha value is -2.70. The van der Waals surface area contributed by atoms with E-state index < -0.39 is 0 Å². The maximum Gasteiger partial charge on any atom is 0.114 e. The minimum absolute atomic E-state index is 0.256. The summed E-state index contributed by atoms with van der Waals surface area (Å²) in [6, 6.07) is 13.0. The Morgan fingerprint density at radius 1 is 1.26 bits per heavy atom. The molecule has 0 radical (unpaired) electrons. The molecule has 0 unspecified atom stereocenters. The van der Waals surface area contributed by atoms with Gasteiger partial charge in [-0.15, -0.1) is 6.58 Å². The minimum atomic E-state index is 0.256. The predicted molar refractivity (Wildman–Crippen MR) is 99.8 cm³/mol. The van der Waals surface area contributed by atoms with Gasteiger partial charge in [-0.3, -0.25) is 5.41 Å². The summed E-state index contributed by atoms with van der Waals surface area (Å²) in [6.07, 6.45) is 1.79. The predicted octanol–water partition coefficient (Wildman–Crippen LogP) is 4.40. The minimum Gasteiger partial charge on any atom is -0.388 e. The van der Waals surface area contributed by atoms with Crippen LogP contribution in [0.3, 0.4) is 0 Å². The molecule has 0 saturated carbocycles. The molecule has 3 N–H and O–H groups in total.